The molecule has 0 saturated carbocycles. The average Bonchev–Trinajstić information content (AvgIpc) is 2.59. The number of methoxy groups -OCH3 is 1. The summed E-state index contributed by atoms with van der Waals surface area (Å²) in [7, 11) is 3.60. The molecule has 0 spiro atoms. The molecular formula is C12H18N2O. The van der Waals surface area contributed by atoms with E-state index in [0.717, 1.165) is 22.2 Å². The third-order valence-electron chi connectivity index (χ3n) is 2.14. The van der Waals surface area contributed by atoms with Crippen molar-refractivity contribution in [3.63, 3.8) is 0 Å². The van der Waals surface area contributed by atoms with Gasteiger partial charge in [-0.05, 0) is 18.6 Å². The van der Waals surface area contributed by atoms with Crippen LogP contribution in [0, 0.1) is 6.92 Å². The zero-order valence-electron chi connectivity index (χ0n) is 10.0. The van der Waals surface area contributed by atoms with E-state index in [0.29, 0.717) is 0 Å². The zero-order chi connectivity index (χ0) is 11.4. The van der Waals surface area contributed by atoms with Gasteiger partial charge in [-0.2, -0.15) is 5.10 Å². The van der Waals surface area contributed by atoms with Gasteiger partial charge in [0.1, 0.15) is 5.75 Å². The lowest BCUT2D eigenvalue weighted by molar-refractivity contribution is 0.412. The van der Waals surface area contributed by atoms with Crippen LogP contribution in [0.4, 0.5) is 0 Å². The summed E-state index contributed by atoms with van der Waals surface area (Å²) < 4.78 is 7.02. The van der Waals surface area contributed by atoms with Crippen molar-refractivity contribution >= 4 is 10.9 Å². The van der Waals surface area contributed by atoms with E-state index < -0.39 is 0 Å². The van der Waals surface area contributed by atoms with E-state index in [1.54, 1.807) is 7.11 Å². The number of aryl methyl sites for hydroxylation is 2. The number of ether oxygens (including phenoxy) is 1. The molecule has 1 aromatic carbocycles. The van der Waals surface area contributed by atoms with Crippen LogP contribution < -0.4 is 4.74 Å². The van der Waals surface area contributed by atoms with Crippen LogP contribution in [0.15, 0.2) is 18.3 Å². The minimum Gasteiger partial charge on any atom is -0.496 e. The summed E-state index contributed by atoms with van der Waals surface area (Å²) in [6.07, 6.45) is 2.00. The molecular weight excluding hydrogens is 188 g/mol. The predicted octanol–water partition coefficient (Wildman–Crippen LogP) is 2.92. The van der Waals surface area contributed by atoms with Crippen LogP contribution in [-0.4, -0.2) is 16.9 Å². The molecule has 0 amide bonds. The van der Waals surface area contributed by atoms with E-state index in [1.165, 1.54) is 0 Å². The summed E-state index contributed by atoms with van der Waals surface area (Å²) in [5, 5.41) is 5.45. The molecule has 0 unspecified atom stereocenters. The van der Waals surface area contributed by atoms with Crippen molar-refractivity contribution in [1.29, 1.82) is 0 Å². The maximum atomic E-state index is 5.21. The quantitative estimate of drug-likeness (QED) is 0.717. The third-order valence-corrected chi connectivity index (χ3v) is 2.14. The first-order valence-corrected chi connectivity index (χ1v) is 5.18. The molecule has 82 valence electrons. The monoisotopic (exact) mass is 206 g/mol. The van der Waals surface area contributed by atoms with Crippen LogP contribution in [0.5, 0.6) is 5.75 Å². The van der Waals surface area contributed by atoms with Gasteiger partial charge in [0.05, 0.1) is 12.6 Å². The second kappa shape index (κ2) is 4.82. The van der Waals surface area contributed by atoms with E-state index in [-0.39, 0.29) is 0 Å². The maximum absolute atomic E-state index is 5.21. The van der Waals surface area contributed by atoms with Crippen LogP contribution >= 0.6 is 0 Å². The summed E-state index contributed by atoms with van der Waals surface area (Å²) >= 11 is 0. The third kappa shape index (κ3) is 2.29. The van der Waals surface area contributed by atoms with Gasteiger partial charge in [0.25, 0.3) is 0 Å². The fourth-order valence-corrected chi connectivity index (χ4v) is 1.51. The molecule has 0 aliphatic carbocycles. The number of nitrogens with zero attached hydrogens (tertiary/aromatic N) is 2. The minimum atomic E-state index is 0.895. The van der Waals surface area contributed by atoms with Crippen molar-refractivity contribution in [2.24, 2.45) is 7.05 Å². The summed E-state index contributed by atoms with van der Waals surface area (Å²) in [5.41, 5.74) is 2.12. The number of benzene rings is 1. The molecule has 3 nitrogen and oxygen atoms in total. The topological polar surface area (TPSA) is 27.1 Å². The molecule has 0 N–H and O–H groups in total. The molecule has 0 radical (unpaired) electrons. The second-order valence-electron chi connectivity index (χ2n) is 3.18. The van der Waals surface area contributed by atoms with Crippen molar-refractivity contribution in [3.05, 3.63) is 23.9 Å². The highest BCUT2D eigenvalue weighted by atomic mass is 16.5. The number of rotatable bonds is 1. The fourth-order valence-electron chi connectivity index (χ4n) is 1.51. The van der Waals surface area contributed by atoms with Gasteiger partial charge >= 0.3 is 0 Å². The maximum Gasteiger partial charge on any atom is 0.124 e. The smallest absolute Gasteiger partial charge is 0.124 e. The molecule has 1 heterocycles. The van der Waals surface area contributed by atoms with Crippen molar-refractivity contribution in [1.82, 2.24) is 9.78 Å². The number of aromatic nitrogens is 2. The number of fused-ring (bicyclic) bond motifs is 1. The molecule has 2 rings (SSSR count). The number of hydrogen-bond donors (Lipinski definition) is 0. The number of hydrogen-bond acceptors (Lipinski definition) is 2. The van der Waals surface area contributed by atoms with Crippen LogP contribution in [0.25, 0.3) is 10.9 Å². The Balaban J connectivity index is 0.000000531. The lowest BCUT2D eigenvalue weighted by atomic mass is 10.1. The lowest BCUT2D eigenvalue weighted by Crippen LogP contribution is -1.87. The van der Waals surface area contributed by atoms with Gasteiger partial charge in [-0.25, -0.2) is 0 Å². The standard InChI is InChI=1S/C10H12N2O.C2H6/c1-7-4-8-6-12(2)11-9(8)5-10(7)13-3;1-2/h4-6H,1-3H3;1-2H3. The van der Waals surface area contributed by atoms with Crippen LogP contribution in [0.1, 0.15) is 19.4 Å². The van der Waals surface area contributed by atoms with E-state index in [1.807, 2.05) is 44.8 Å². The summed E-state index contributed by atoms with van der Waals surface area (Å²) in [6, 6.07) is 4.05. The normalized spacial score (nSPS) is 9.67. The minimum absolute atomic E-state index is 0.895. The highest BCUT2D eigenvalue weighted by Gasteiger charge is 2.03. The SMILES string of the molecule is CC.COc1cc2nn(C)cc2cc1C. The Hall–Kier alpha value is -1.51. The molecule has 0 aliphatic rings. The van der Waals surface area contributed by atoms with E-state index in [2.05, 4.69) is 11.2 Å². The predicted molar refractivity (Wildman–Crippen MR) is 63.4 cm³/mol. The van der Waals surface area contributed by atoms with Gasteiger partial charge in [0.15, 0.2) is 0 Å². The van der Waals surface area contributed by atoms with Gasteiger partial charge in [-0.1, -0.05) is 13.8 Å². The Kier molecular flexibility index (Phi) is 3.72. The summed E-state index contributed by atoms with van der Waals surface area (Å²) in [4.78, 5) is 0. The van der Waals surface area contributed by atoms with Gasteiger partial charge in [0, 0.05) is 24.7 Å². The Bertz CT molecular complexity index is 446. The Morgan fingerprint density at radius 3 is 2.53 bits per heavy atom. The van der Waals surface area contributed by atoms with E-state index >= 15 is 0 Å². The van der Waals surface area contributed by atoms with Gasteiger partial charge < -0.3 is 4.74 Å². The molecule has 0 aliphatic heterocycles. The van der Waals surface area contributed by atoms with E-state index in [4.69, 9.17) is 4.74 Å². The largest absolute Gasteiger partial charge is 0.496 e. The first-order chi connectivity index (χ1) is 7.20. The van der Waals surface area contributed by atoms with Crippen molar-refractivity contribution < 1.29 is 4.74 Å². The molecule has 0 saturated heterocycles. The summed E-state index contributed by atoms with van der Waals surface area (Å²) in [6.45, 7) is 6.03. The van der Waals surface area contributed by atoms with Crippen molar-refractivity contribution in [2.75, 3.05) is 7.11 Å². The average molecular weight is 206 g/mol. The molecule has 0 bridgehead atoms. The molecule has 1 aromatic heterocycles. The van der Waals surface area contributed by atoms with Gasteiger partial charge in [-0.3, -0.25) is 4.68 Å². The Labute approximate surface area is 90.7 Å². The first kappa shape index (κ1) is 11.6. The van der Waals surface area contributed by atoms with Gasteiger partial charge in [-0.15, -0.1) is 0 Å². The van der Waals surface area contributed by atoms with Crippen LogP contribution in [-0.2, 0) is 7.05 Å². The van der Waals surface area contributed by atoms with Crippen LogP contribution in [0.3, 0.4) is 0 Å². The first-order valence-electron chi connectivity index (χ1n) is 5.18. The lowest BCUT2D eigenvalue weighted by Gasteiger charge is -2.02. The second-order valence-corrected chi connectivity index (χ2v) is 3.18. The summed E-state index contributed by atoms with van der Waals surface area (Å²) in [5.74, 6) is 0.895. The van der Waals surface area contributed by atoms with Gasteiger partial charge in [0.2, 0.25) is 0 Å². The molecule has 3 heteroatoms. The highest BCUT2D eigenvalue weighted by Crippen LogP contribution is 2.23. The van der Waals surface area contributed by atoms with Crippen molar-refractivity contribution in [2.45, 2.75) is 20.8 Å². The molecule has 15 heavy (non-hydrogen) atoms. The Morgan fingerprint density at radius 1 is 1.27 bits per heavy atom. The molecule has 0 fully saturated rings. The fraction of sp³-hybridized carbons (Fsp3) is 0.417. The molecule has 0 atom stereocenters. The zero-order valence-corrected chi connectivity index (χ0v) is 10.0. The molecule has 2 aromatic rings. The highest BCUT2D eigenvalue weighted by molar-refractivity contribution is 5.80. The van der Waals surface area contributed by atoms with Crippen molar-refractivity contribution in [3.8, 4) is 5.75 Å². The van der Waals surface area contributed by atoms with Crippen LogP contribution in [0.2, 0.25) is 0 Å². The Morgan fingerprint density at radius 2 is 1.93 bits per heavy atom. The van der Waals surface area contributed by atoms with E-state index in [9.17, 15) is 0 Å².